The van der Waals surface area contributed by atoms with Crippen molar-refractivity contribution in [1.82, 2.24) is 15.2 Å². The second-order valence-electron chi connectivity index (χ2n) is 6.50. The summed E-state index contributed by atoms with van der Waals surface area (Å²) in [5.74, 6) is 0.986. The molecule has 0 atom stereocenters. The maximum atomic E-state index is 4.82. The molecule has 1 N–H and O–H groups in total. The largest absolute Gasteiger partial charge is 0.368 e. The van der Waals surface area contributed by atoms with Gasteiger partial charge < -0.3 is 20.0 Å². The molecular weight excluding hydrogens is 471 g/mol. The molecular formula is C19H29IN6S. The van der Waals surface area contributed by atoms with E-state index in [9.17, 15) is 0 Å². The van der Waals surface area contributed by atoms with Crippen molar-refractivity contribution in [2.45, 2.75) is 13.5 Å². The molecule has 27 heavy (non-hydrogen) atoms. The SMILES string of the molecule is CCNC(=NCc1csc(N(C)C)n1)N1CCN(c2ccccc2)CC1.I. The minimum Gasteiger partial charge on any atom is -0.368 e. The van der Waals surface area contributed by atoms with Crippen molar-refractivity contribution >= 4 is 52.1 Å². The fraction of sp³-hybridized carbons (Fsp3) is 0.474. The van der Waals surface area contributed by atoms with Crippen molar-refractivity contribution in [2.24, 2.45) is 4.99 Å². The molecule has 0 amide bonds. The number of anilines is 2. The van der Waals surface area contributed by atoms with Crippen LogP contribution >= 0.6 is 35.3 Å². The zero-order chi connectivity index (χ0) is 18.4. The Labute approximate surface area is 183 Å². The van der Waals surface area contributed by atoms with Crippen LogP contribution < -0.4 is 15.1 Å². The van der Waals surface area contributed by atoms with Crippen LogP contribution in [0.2, 0.25) is 0 Å². The number of halogens is 1. The number of hydrogen-bond acceptors (Lipinski definition) is 5. The molecule has 0 spiro atoms. The topological polar surface area (TPSA) is 47.0 Å². The second kappa shape index (κ2) is 10.7. The average Bonchev–Trinajstić information content (AvgIpc) is 3.15. The lowest BCUT2D eigenvalue weighted by molar-refractivity contribution is 0.372. The molecule has 1 aromatic heterocycles. The molecule has 2 heterocycles. The van der Waals surface area contributed by atoms with E-state index >= 15 is 0 Å². The molecule has 2 aromatic rings. The van der Waals surface area contributed by atoms with Gasteiger partial charge in [-0.25, -0.2) is 9.98 Å². The molecule has 1 saturated heterocycles. The first-order chi connectivity index (χ1) is 12.7. The van der Waals surface area contributed by atoms with Gasteiger partial charge in [0.05, 0.1) is 12.2 Å². The van der Waals surface area contributed by atoms with Gasteiger partial charge in [-0.3, -0.25) is 0 Å². The van der Waals surface area contributed by atoms with Crippen molar-refractivity contribution in [3.05, 3.63) is 41.4 Å². The highest BCUT2D eigenvalue weighted by atomic mass is 127. The summed E-state index contributed by atoms with van der Waals surface area (Å²) in [6.07, 6.45) is 0. The van der Waals surface area contributed by atoms with Gasteiger partial charge in [0.15, 0.2) is 11.1 Å². The number of nitrogens with zero attached hydrogens (tertiary/aromatic N) is 5. The predicted molar refractivity (Wildman–Crippen MR) is 127 cm³/mol. The van der Waals surface area contributed by atoms with Crippen molar-refractivity contribution in [3.63, 3.8) is 0 Å². The normalized spacial score (nSPS) is 14.7. The lowest BCUT2D eigenvalue weighted by Gasteiger charge is -2.37. The van der Waals surface area contributed by atoms with Crippen molar-refractivity contribution in [3.8, 4) is 0 Å². The highest BCUT2D eigenvalue weighted by Crippen LogP contribution is 2.19. The standard InChI is InChI=1S/C19H28N6S.HI/c1-4-20-18(21-14-16-15-26-19(22-16)23(2)3)25-12-10-24(11-13-25)17-8-6-5-7-9-17;/h5-9,15H,4,10-14H2,1-3H3,(H,20,21);1H. The number of aromatic nitrogens is 1. The van der Waals surface area contributed by atoms with E-state index in [2.05, 4.69) is 62.7 Å². The van der Waals surface area contributed by atoms with E-state index in [-0.39, 0.29) is 24.0 Å². The molecule has 148 valence electrons. The Bertz CT molecular complexity index is 710. The molecule has 0 radical (unpaired) electrons. The molecule has 1 aliphatic heterocycles. The fourth-order valence-electron chi connectivity index (χ4n) is 2.97. The molecule has 0 bridgehead atoms. The number of rotatable bonds is 5. The first kappa shape index (κ1) is 21.7. The van der Waals surface area contributed by atoms with Gasteiger partial charge in [-0.15, -0.1) is 35.3 Å². The number of piperazine rings is 1. The van der Waals surface area contributed by atoms with Gasteiger partial charge >= 0.3 is 0 Å². The Balaban J connectivity index is 0.00000261. The summed E-state index contributed by atoms with van der Waals surface area (Å²) in [5.41, 5.74) is 2.32. The van der Waals surface area contributed by atoms with E-state index in [4.69, 9.17) is 4.99 Å². The maximum Gasteiger partial charge on any atom is 0.194 e. The lowest BCUT2D eigenvalue weighted by atomic mass is 10.2. The molecule has 0 unspecified atom stereocenters. The molecule has 6 nitrogen and oxygen atoms in total. The molecule has 8 heteroatoms. The van der Waals surface area contributed by atoms with Gasteiger partial charge in [-0.2, -0.15) is 0 Å². The summed E-state index contributed by atoms with van der Waals surface area (Å²) >= 11 is 1.66. The van der Waals surface area contributed by atoms with E-state index in [0.717, 1.165) is 49.5 Å². The van der Waals surface area contributed by atoms with Crippen molar-refractivity contribution in [1.29, 1.82) is 0 Å². The molecule has 1 fully saturated rings. The van der Waals surface area contributed by atoms with Crippen LogP contribution in [0.5, 0.6) is 0 Å². The van der Waals surface area contributed by atoms with Gasteiger partial charge in [-0.1, -0.05) is 18.2 Å². The first-order valence-corrected chi connectivity index (χ1v) is 10.0. The van der Waals surface area contributed by atoms with Crippen LogP contribution in [0.3, 0.4) is 0 Å². The van der Waals surface area contributed by atoms with E-state index in [1.165, 1.54) is 5.69 Å². The Hall–Kier alpha value is -1.55. The number of hydrogen-bond donors (Lipinski definition) is 1. The van der Waals surface area contributed by atoms with Crippen LogP contribution in [0.15, 0.2) is 40.7 Å². The third-order valence-electron chi connectivity index (χ3n) is 4.35. The van der Waals surface area contributed by atoms with Crippen LogP contribution in [0.25, 0.3) is 0 Å². The van der Waals surface area contributed by atoms with Crippen molar-refractivity contribution in [2.75, 3.05) is 56.6 Å². The maximum absolute atomic E-state index is 4.82. The van der Waals surface area contributed by atoms with E-state index < -0.39 is 0 Å². The first-order valence-electron chi connectivity index (χ1n) is 9.12. The summed E-state index contributed by atoms with van der Waals surface area (Å²) in [4.78, 5) is 16.3. The highest BCUT2D eigenvalue weighted by Gasteiger charge is 2.19. The lowest BCUT2D eigenvalue weighted by Crippen LogP contribution is -2.52. The fourth-order valence-corrected chi connectivity index (χ4v) is 3.72. The van der Waals surface area contributed by atoms with Crippen LogP contribution in [0.4, 0.5) is 10.8 Å². The number of thiazole rings is 1. The summed E-state index contributed by atoms with van der Waals surface area (Å²) in [6, 6.07) is 10.6. The minimum absolute atomic E-state index is 0. The van der Waals surface area contributed by atoms with Crippen LogP contribution in [0, 0.1) is 0 Å². The Morgan fingerprint density at radius 3 is 2.48 bits per heavy atom. The van der Waals surface area contributed by atoms with E-state index in [1.54, 1.807) is 11.3 Å². The average molecular weight is 500 g/mol. The molecule has 0 aliphatic carbocycles. The monoisotopic (exact) mass is 500 g/mol. The highest BCUT2D eigenvalue weighted by molar-refractivity contribution is 14.0. The summed E-state index contributed by atoms with van der Waals surface area (Å²) in [7, 11) is 4.03. The number of aliphatic imine (C=N–C) groups is 1. The Morgan fingerprint density at radius 1 is 1.19 bits per heavy atom. The molecule has 3 rings (SSSR count). The number of para-hydroxylation sites is 1. The number of benzene rings is 1. The van der Waals surface area contributed by atoms with Gasteiger partial charge in [-0.05, 0) is 19.1 Å². The smallest absolute Gasteiger partial charge is 0.194 e. The van der Waals surface area contributed by atoms with Gasteiger partial charge in [0.25, 0.3) is 0 Å². The Kier molecular flexibility index (Phi) is 8.62. The second-order valence-corrected chi connectivity index (χ2v) is 7.33. The van der Waals surface area contributed by atoms with Crippen molar-refractivity contribution < 1.29 is 0 Å². The van der Waals surface area contributed by atoms with Gasteiger partial charge in [0, 0.05) is 57.9 Å². The summed E-state index contributed by atoms with van der Waals surface area (Å²) in [5, 5.41) is 6.55. The third kappa shape index (κ3) is 5.97. The van der Waals surface area contributed by atoms with E-state index in [1.807, 2.05) is 19.0 Å². The van der Waals surface area contributed by atoms with E-state index in [0.29, 0.717) is 6.54 Å². The minimum atomic E-state index is 0. The zero-order valence-corrected chi connectivity index (χ0v) is 19.4. The number of guanidine groups is 1. The summed E-state index contributed by atoms with van der Waals surface area (Å²) < 4.78 is 0. The zero-order valence-electron chi connectivity index (χ0n) is 16.3. The molecule has 1 aliphatic rings. The predicted octanol–water partition coefficient (Wildman–Crippen LogP) is 3.11. The van der Waals surface area contributed by atoms with Gasteiger partial charge in [0.2, 0.25) is 0 Å². The quantitative estimate of drug-likeness (QED) is 0.389. The van der Waals surface area contributed by atoms with Crippen LogP contribution in [0.1, 0.15) is 12.6 Å². The number of nitrogens with one attached hydrogen (secondary N) is 1. The molecule has 1 aromatic carbocycles. The summed E-state index contributed by atoms with van der Waals surface area (Å²) in [6.45, 7) is 7.57. The van der Waals surface area contributed by atoms with Gasteiger partial charge in [0.1, 0.15) is 0 Å². The van der Waals surface area contributed by atoms with Crippen LogP contribution in [-0.2, 0) is 6.54 Å². The Morgan fingerprint density at radius 2 is 1.89 bits per heavy atom. The van der Waals surface area contributed by atoms with Crippen LogP contribution in [-0.4, -0.2) is 62.7 Å². The molecule has 0 saturated carbocycles. The third-order valence-corrected chi connectivity index (χ3v) is 5.41.